The van der Waals surface area contributed by atoms with Crippen molar-refractivity contribution in [2.45, 2.75) is 0 Å². The predicted octanol–water partition coefficient (Wildman–Crippen LogP) is 3.41. The zero-order valence-corrected chi connectivity index (χ0v) is 9.03. The van der Waals surface area contributed by atoms with Crippen molar-refractivity contribution in [2.24, 2.45) is 0 Å². The van der Waals surface area contributed by atoms with Gasteiger partial charge in [0.05, 0.1) is 12.1 Å². The van der Waals surface area contributed by atoms with Crippen LogP contribution in [0.5, 0.6) is 5.75 Å². The van der Waals surface area contributed by atoms with Gasteiger partial charge < -0.3 is 4.74 Å². The van der Waals surface area contributed by atoms with Gasteiger partial charge in [-0.1, -0.05) is 17.7 Å². The lowest BCUT2D eigenvalue weighted by Crippen LogP contribution is -1.85. The molecule has 1 aromatic carbocycles. The smallest absolute Gasteiger partial charge is 0.137 e. The van der Waals surface area contributed by atoms with E-state index in [9.17, 15) is 0 Å². The number of methoxy groups -OCH3 is 1. The van der Waals surface area contributed by atoms with Gasteiger partial charge in [-0.3, -0.25) is 4.98 Å². The van der Waals surface area contributed by atoms with E-state index >= 15 is 0 Å². The van der Waals surface area contributed by atoms with E-state index in [0.29, 0.717) is 10.8 Å². The summed E-state index contributed by atoms with van der Waals surface area (Å²) in [5.74, 6) is 0.689. The Morgan fingerprint density at radius 2 is 1.80 bits per heavy atom. The van der Waals surface area contributed by atoms with Crippen LogP contribution < -0.4 is 4.74 Å². The molecule has 0 aliphatic heterocycles. The molecule has 2 nitrogen and oxygen atoms in total. The number of hydrogen-bond acceptors (Lipinski definition) is 2. The molecular formula is C12H10ClNO. The highest BCUT2D eigenvalue weighted by molar-refractivity contribution is 6.32. The molecule has 0 aliphatic carbocycles. The van der Waals surface area contributed by atoms with Crippen LogP contribution in [0.1, 0.15) is 0 Å². The van der Waals surface area contributed by atoms with Crippen LogP contribution in [0.3, 0.4) is 0 Å². The number of rotatable bonds is 2. The second-order valence-corrected chi connectivity index (χ2v) is 3.49. The Morgan fingerprint density at radius 3 is 2.40 bits per heavy atom. The predicted molar refractivity (Wildman–Crippen MR) is 61.2 cm³/mol. The first-order valence-corrected chi connectivity index (χ1v) is 4.93. The van der Waals surface area contributed by atoms with Crippen molar-refractivity contribution in [1.29, 1.82) is 0 Å². The average molecular weight is 220 g/mol. The molecule has 0 spiro atoms. The van der Waals surface area contributed by atoms with E-state index in [0.717, 1.165) is 11.1 Å². The molecule has 2 aromatic rings. The molecule has 0 saturated carbocycles. The third-order valence-electron chi connectivity index (χ3n) is 2.17. The first kappa shape index (κ1) is 9.99. The van der Waals surface area contributed by atoms with E-state index in [-0.39, 0.29) is 0 Å². The minimum Gasteiger partial charge on any atom is -0.495 e. The lowest BCUT2D eigenvalue weighted by Gasteiger charge is -2.05. The summed E-state index contributed by atoms with van der Waals surface area (Å²) < 4.78 is 5.09. The first-order valence-electron chi connectivity index (χ1n) is 4.55. The maximum atomic E-state index is 6.04. The molecule has 1 aromatic heterocycles. The number of halogens is 1. The number of pyridine rings is 1. The fourth-order valence-electron chi connectivity index (χ4n) is 1.39. The van der Waals surface area contributed by atoms with Crippen molar-refractivity contribution in [3.8, 4) is 16.9 Å². The Hall–Kier alpha value is -1.54. The molecule has 0 fully saturated rings. The molecule has 3 heteroatoms. The number of ether oxygens (including phenoxy) is 1. The van der Waals surface area contributed by atoms with Gasteiger partial charge in [-0.05, 0) is 35.4 Å². The van der Waals surface area contributed by atoms with Gasteiger partial charge >= 0.3 is 0 Å². The molecule has 0 bridgehead atoms. The monoisotopic (exact) mass is 219 g/mol. The van der Waals surface area contributed by atoms with Gasteiger partial charge in [0.15, 0.2) is 0 Å². The SMILES string of the molecule is COc1ccc(-c2ccncc2)cc1Cl. The summed E-state index contributed by atoms with van der Waals surface area (Å²) in [5.41, 5.74) is 2.15. The van der Waals surface area contributed by atoms with Gasteiger partial charge in [0.1, 0.15) is 5.75 Å². The molecule has 0 N–H and O–H groups in total. The van der Waals surface area contributed by atoms with Crippen LogP contribution in [-0.2, 0) is 0 Å². The molecule has 0 amide bonds. The Bertz CT molecular complexity index is 456. The lowest BCUT2D eigenvalue weighted by molar-refractivity contribution is 0.415. The normalized spacial score (nSPS) is 10.0. The van der Waals surface area contributed by atoms with Crippen molar-refractivity contribution in [1.82, 2.24) is 4.98 Å². The zero-order chi connectivity index (χ0) is 10.7. The topological polar surface area (TPSA) is 22.1 Å². The Labute approximate surface area is 93.5 Å². The lowest BCUT2D eigenvalue weighted by atomic mass is 10.1. The highest BCUT2D eigenvalue weighted by Gasteiger charge is 2.02. The van der Waals surface area contributed by atoms with Crippen LogP contribution in [0.25, 0.3) is 11.1 Å². The maximum absolute atomic E-state index is 6.04. The van der Waals surface area contributed by atoms with Crippen LogP contribution in [0.2, 0.25) is 5.02 Å². The number of aromatic nitrogens is 1. The third-order valence-corrected chi connectivity index (χ3v) is 2.46. The summed E-state index contributed by atoms with van der Waals surface area (Å²) in [7, 11) is 1.60. The van der Waals surface area contributed by atoms with E-state index in [4.69, 9.17) is 16.3 Å². The second-order valence-electron chi connectivity index (χ2n) is 3.09. The van der Waals surface area contributed by atoms with Gasteiger partial charge in [-0.25, -0.2) is 0 Å². The van der Waals surface area contributed by atoms with Gasteiger partial charge in [-0.2, -0.15) is 0 Å². The zero-order valence-electron chi connectivity index (χ0n) is 8.27. The highest BCUT2D eigenvalue weighted by atomic mass is 35.5. The summed E-state index contributed by atoms with van der Waals surface area (Å²) in [6, 6.07) is 9.60. The van der Waals surface area contributed by atoms with E-state index in [1.807, 2.05) is 30.3 Å². The van der Waals surface area contributed by atoms with Crippen LogP contribution in [-0.4, -0.2) is 12.1 Å². The standard InChI is InChI=1S/C12H10ClNO/c1-15-12-3-2-10(8-11(12)13)9-4-6-14-7-5-9/h2-8H,1H3. The minimum absolute atomic E-state index is 0.617. The van der Waals surface area contributed by atoms with Gasteiger partial charge in [0, 0.05) is 12.4 Å². The molecule has 1 heterocycles. The summed E-state index contributed by atoms with van der Waals surface area (Å²) in [6.45, 7) is 0. The second kappa shape index (κ2) is 4.32. The van der Waals surface area contributed by atoms with Gasteiger partial charge in [0.25, 0.3) is 0 Å². The maximum Gasteiger partial charge on any atom is 0.137 e. The summed E-state index contributed by atoms with van der Waals surface area (Å²) in [4.78, 5) is 3.97. The van der Waals surface area contributed by atoms with Crippen LogP contribution in [0.15, 0.2) is 42.7 Å². The minimum atomic E-state index is 0.617. The third kappa shape index (κ3) is 2.10. The van der Waals surface area contributed by atoms with Gasteiger partial charge in [0.2, 0.25) is 0 Å². The number of benzene rings is 1. The Kier molecular flexibility index (Phi) is 2.88. The Morgan fingerprint density at radius 1 is 1.07 bits per heavy atom. The van der Waals surface area contributed by atoms with Crippen molar-refractivity contribution in [3.05, 3.63) is 47.7 Å². The fourth-order valence-corrected chi connectivity index (χ4v) is 1.65. The Balaban J connectivity index is 2.43. The summed E-state index contributed by atoms with van der Waals surface area (Å²) in [6.07, 6.45) is 3.51. The summed E-state index contributed by atoms with van der Waals surface area (Å²) in [5, 5.41) is 0.617. The van der Waals surface area contributed by atoms with E-state index in [1.54, 1.807) is 19.5 Å². The molecule has 15 heavy (non-hydrogen) atoms. The van der Waals surface area contributed by atoms with Crippen LogP contribution >= 0.6 is 11.6 Å². The highest BCUT2D eigenvalue weighted by Crippen LogP contribution is 2.29. The largest absolute Gasteiger partial charge is 0.495 e. The van der Waals surface area contributed by atoms with Crippen molar-refractivity contribution in [2.75, 3.05) is 7.11 Å². The van der Waals surface area contributed by atoms with Crippen molar-refractivity contribution >= 4 is 11.6 Å². The van der Waals surface area contributed by atoms with E-state index in [1.165, 1.54) is 0 Å². The molecule has 0 radical (unpaired) electrons. The molecular weight excluding hydrogens is 210 g/mol. The molecule has 0 saturated heterocycles. The number of hydrogen-bond donors (Lipinski definition) is 0. The quantitative estimate of drug-likeness (QED) is 0.772. The summed E-state index contributed by atoms with van der Waals surface area (Å²) >= 11 is 6.04. The van der Waals surface area contributed by atoms with Crippen LogP contribution in [0, 0.1) is 0 Å². The fraction of sp³-hybridized carbons (Fsp3) is 0.0833. The molecule has 0 atom stereocenters. The average Bonchev–Trinajstić information content (AvgIpc) is 2.30. The van der Waals surface area contributed by atoms with E-state index < -0.39 is 0 Å². The molecule has 0 unspecified atom stereocenters. The molecule has 0 aliphatic rings. The molecule has 2 rings (SSSR count). The van der Waals surface area contributed by atoms with Gasteiger partial charge in [-0.15, -0.1) is 0 Å². The first-order chi connectivity index (χ1) is 7.31. The van der Waals surface area contributed by atoms with Crippen molar-refractivity contribution < 1.29 is 4.74 Å². The van der Waals surface area contributed by atoms with E-state index in [2.05, 4.69) is 4.98 Å². The number of nitrogens with zero attached hydrogens (tertiary/aromatic N) is 1. The van der Waals surface area contributed by atoms with Crippen LogP contribution in [0.4, 0.5) is 0 Å². The molecule has 76 valence electrons. The van der Waals surface area contributed by atoms with Crippen molar-refractivity contribution in [3.63, 3.8) is 0 Å².